The highest BCUT2D eigenvalue weighted by Gasteiger charge is 2.15. The van der Waals surface area contributed by atoms with Crippen molar-refractivity contribution >= 4 is 27.0 Å². The maximum absolute atomic E-state index is 4.43. The molecule has 2 heterocycles. The number of imidazole rings is 1. The van der Waals surface area contributed by atoms with Crippen LogP contribution in [0.5, 0.6) is 0 Å². The summed E-state index contributed by atoms with van der Waals surface area (Å²) in [4.78, 5) is 4.43. The third kappa shape index (κ3) is 1.87. The first-order valence-electron chi connectivity index (χ1n) is 5.67. The molecule has 1 N–H and O–H groups in total. The molecule has 1 aromatic heterocycles. The summed E-state index contributed by atoms with van der Waals surface area (Å²) in [7, 11) is 0. The minimum absolute atomic E-state index is 0.612. The van der Waals surface area contributed by atoms with Crippen molar-refractivity contribution in [3.8, 4) is 0 Å². The number of hydrogen-bond donors (Lipinski definition) is 1. The lowest BCUT2D eigenvalue weighted by molar-refractivity contribution is 0.517. The van der Waals surface area contributed by atoms with Gasteiger partial charge in [-0.3, -0.25) is 0 Å². The van der Waals surface area contributed by atoms with Crippen LogP contribution in [0.4, 0.5) is 0 Å². The Morgan fingerprint density at radius 2 is 2.44 bits per heavy atom. The van der Waals surface area contributed by atoms with Gasteiger partial charge in [-0.15, -0.1) is 0 Å². The molecule has 0 amide bonds. The Balaban J connectivity index is 1.91. The molecule has 1 fully saturated rings. The Morgan fingerprint density at radius 1 is 1.50 bits per heavy atom. The van der Waals surface area contributed by atoms with Gasteiger partial charge in [-0.1, -0.05) is 15.9 Å². The summed E-state index contributed by atoms with van der Waals surface area (Å²) in [5.74, 6) is 0. The van der Waals surface area contributed by atoms with Gasteiger partial charge >= 0.3 is 0 Å². The van der Waals surface area contributed by atoms with Crippen LogP contribution < -0.4 is 5.32 Å². The lowest BCUT2D eigenvalue weighted by Crippen LogP contribution is -2.26. The van der Waals surface area contributed by atoms with Gasteiger partial charge < -0.3 is 9.88 Å². The molecular formula is C12H14BrN3. The number of nitrogens with one attached hydrogen (secondary N) is 1. The fourth-order valence-corrected chi connectivity index (χ4v) is 2.68. The predicted octanol–water partition coefficient (Wildman–Crippen LogP) is 2.55. The van der Waals surface area contributed by atoms with Crippen molar-refractivity contribution in [2.45, 2.75) is 25.4 Å². The topological polar surface area (TPSA) is 29.9 Å². The summed E-state index contributed by atoms with van der Waals surface area (Å²) in [5, 5.41) is 3.51. The van der Waals surface area contributed by atoms with Crippen LogP contribution in [0, 0.1) is 0 Å². The van der Waals surface area contributed by atoms with Crippen molar-refractivity contribution < 1.29 is 0 Å². The summed E-state index contributed by atoms with van der Waals surface area (Å²) in [6, 6.07) is 6.87. The van der Waals surface area contributed by atoms with E-state index in [1.54, 1.807) is 0 Å². The van der Waals surface area contributed by atoms with Gasteiger partial charge in [-0.2, -0.15) is 0 Å². The molecule has 0 saturated carbocycles. The van der Waals surface area contributed by atoms with E-state index in [-0.39, 0.29) is 0 Å². The molecule has 4 heteroatoms. The van der Waals surface area contributed by atoms with E-state index < -0.39 is 0 Å². The third-order valence-corrected chi connectivity index (χ3v) is 3.66. The number of benzene rings is 1. The van der Waals surface area contributed by atoms with Gasteiger partial charge in [-0.25, -0.2) is 4.98 Å². The maximum atomic E-state index is 4.43. The fraction of sp³-hybridized carbons (Fsp3) is 0.417. The van der Waals surface area contributed by atoms with E-state index in [4.69, 9.17) is 0 Å². The van der Waals surface area contributed by atoms with Gasteiger partial charge in [0, 0.05) is 17.1 Å². The monoisotopic (exact) mass is 279 g/mol. The normalized spacial score (nSPS) is 20.7. The van der Waals surface area contributed by atoms with E-state index in [0.29, 0.717) is 6.04 Å². The fourth-order valence-electron chi connectivity index (χ4n) is 2.33. The van der Waals surface area contributed by atoms with E-state index >= 15 is 0 Å². The molecule has 0 bridgehead atoms. The molecule has 2 aromatic rings. The number of nitrogens with zero attached hydrogens (tertiary/aromatic N) is 2. The summed E-state index contributed by atoms with van der Waals surface area (Å²) < 4.78 is 3.33. The quantitative estimate of drug-likeness (QED) is 0.916. The van der Waals surface area contributed by atoms with Crippen LogP contribution in [0.1, 0.15) is 12.8 Å². The number of aromatic nitrogens is 2. The Morgan fingerprint density at radius 3 is 3.25 bits per heavy atom. The van der Waals surface area contributed by atoms with Crippen LogP contribution in [0.15, 0.2) is 29.0 Å². The van der Waals surface area contributed by atoms with Gasteiger partial charge in [0.1, 0.15) is 0 Å². The van der Waals surface area contributed by atoms with Gasteiger partial charge in [0.15, 0.2) is 0 Å². The van der Waals surface area contributed by atoms with Crippen LogP contribution in [-0.2, 0) is 6.54 Å². The Kier molecular flexibility index (Phi) is 2.69. The zero-order chi connectivity index (χ0) is 11.0. The minimum Gasteiger partial charge on any atom is -0.329 e. The Labute approximate surface area is 103 Å². The van der Waals surface area contributed by atoms with Crippen molar-refractivity contribution in [1.29, 1.82) is 0 Å². The zero-order valence-electron chi connectivity index (χ0n) is 8.99. The van der Waals surface area contributed by atoms with Crippen LogP contribution >= 0.6 is 15.9 Å². The second-order valence-corrected chi connectivity index (χ2v) is 5.24. The predicted molar refractivity (Wildman–Crippen MR) is 68.5 cm³/mol. The van der Waals surface area contributed by atoms with E-state index in [1.807, 2.05) is 6.33 Å². The molecule has 0 spiro atoms. The van der Waals surface area contributed by atoms with Gasteiger partial charge in [-0.05, 0) is 37.6 Å². The average molecular weight is 280 g/mol. The molecule has 84 valence electrons. The number of fused-ring (bicyclic) bond motifs is 1. The van der Waals surface area contributed by atoms with Gasteiger partial charge in [0.25, 0.3) is 0 Å². The highest BCUT2D eigenvalue weighted by Crippen LogP contribution is 2.19. The lowest BCUT2D eigenvalue weighted by Gasteiger charge is -2.11. The van der Waals surface area contributed by atoms with Crippen molar-refractivity contribution in [2.24, 2.45) is 0 Å². The smallest absolute Gasteiger partial charge is 0.0958 e. The van der Waals surface area contributed by atoms with E-state index in [9.17, 15) is 0 Å². The molecule has 1 unspecified atom stereocenters. The molecular weight excluding hydrogens is 266 g/mol. The van der Waals surface area contributed by atoms with Crippen molar-refractivity contribution in [1.82, 2.24) is 14.9 Å². The lowest BCUT2D eigenvalue weighted by atomic mass is 10.2. The standard InChI is InChI=1S/C12H14BrN3/c13-9-3-4-12-11(6-9)15-8-16(12)7-10-2-1-5-14-10/h3-4,6,8,10,14H,1-2,5,7H2. The van der Waals surface area contributed by atoms with E-state index in [2.05, 4.69) is 49.0 Å². The summed E-state index contributed by atoms with van der Waals surface area (Å²) >= 11 is 3.47. The second kappa shape index (κ2) is 4.18. The van der Waals surface area contributed by atoms with Crippen LogP contribution in [0.25, 0.3) is 11.0 Å². The maximum Gasteiger partial charge on any atom is 0.0958 e. The molecule has 0 aliphatic carbocycles. The van der Waals surface area contributed by atoms with Crippen molar-refractivity contribution in [3.05, 3.63) is 29.0 Å². The molecule has 1 saturated heterocycles. The molecule has 1 atom stereocenters. The Bertz CT molecular complexity index is 500. The van der Waals surface area contributed by atoms with E-state index in [1.165, 1.54) is 18.4 Å². The molecule has 16 heavy (non-hydrogen) atoms. The second-order valence-electron chi connectivity index (χ2n) is 4.32. The number of rotatable bonds is 2. The summed E-state index contributed by atoms with van der Waals surface area (Å²) in [6.45, 7) is 2.18. The highest BCUT2D eigenvalue weighted by molar-refractivity contribution is 9.10. The van der Waals surface area contributed by atoms with Crippen LogP contribution in [0.3, 0.4) is 0 Å². The summed E-state index contributed by atoms with van der Waals surface area (Å²) in [6.07, 6.45) is 4.51. The summed E-state index contributed by atoms with van der Waals surface area (Å²) in [5.41, 5.74) is 2.28. The van der Waals surface area contributed by atoms with Crippen molar-refractivity contribution in [2.75, 3.05) is 6.54 Å². The molecule has 0 radical (unpaired) electrons. The van der Waals surface area contributed by atoms with Gasteiger partial charge in [0.2, 0.25) is 0 Å². The van der Waals surface area contributed by atoms with Gasteiger partial charge in [0.05, 0.1) is 17.4 Å². The molecule has 1 aromatic carbocycles. The largest absolute Gasteiger partial charge is 0.329 e. The molecule has 1 aliphatic heterocycles. The first-order chi connectivity index (χ1) is 7.83. The number of hydrogen-bond acceptors (Lipinski definition) is 2. The third-order valence-electron chi connectivity index (χ3n) is 3.16. The minimum atomic E-state index is 0.612. The molecule has 3 rings (SSSR count). The molecule has 1 aliphatic rings. The van der Waals surface area contributed by atoms with E-state index in [0.717, 1.165) is 23.1 Å². The van der Waals surface area contributed by atoms with Crippen molar-refractivity contribution in [3.63, 3.8) is 0 Å². The SMILES string of the molecule is Brc1ccc2c(c1)ncn2CC1CCCN1. The molecule has 3 nitrogen and oxygen atoms in total. The first-order valence-corrected chi connectivity index (χ1v) is 6.46. The highest BCUT2D eigenvalue weighted by atomic mass is 79.9. The van der Waals surface area contributed by atoms with Crippen LogP contribution in [-0.4, -0.2) is 22.1 Å². The van der Waals surface area contributed by atoms with Crippen LogP contribution in [0.2, 0.25) is 0 Å². The average Bonchev–Trinajstić information content (AvgIpc) is 2.89. The first kappa shape index (κ1) is 10.3. The number of halogens is 1. The zero-order valence-corrected chi connectivity index (χ0v) is 10.6. The Hall–Kier alpha value is -0.870.